The third kappa shape index (κ3) is 5.03. The van der Waals surface area contributed by atoms with Gasteiger partial charge < -0.3 is 20.3 Å². The molecule has 3 rings (SSSR count). The highest BCUT2D eigenvalue weighted by molar-refractivity contribution is 7.10. The number of carbonyl (C=O) groups excluding carboxylic acids is 2. The van der Waals surface area contributed by atoms with E-state index in [1.54, 1.807) is 6.20 Å². The highest BCUT2D eigenvalue weighted by Gasteiger charge is 2.18. The van der Waals surface area contributed by atoms with E-state index in [0.29, 0.717) is 18.9 Å². The number of carbonyl (C=O) groups is 2. The number of thiophene rings is 1. The third-order valence-corrected chi connectivity index (χ3v) is 5.01. The van der Waals surface area contributed by atoms with E-state index >= 15 is 0 Å². The van der Waals surface area contributed by atoms with Crippen LogP contribution in [0.3, 0.4) is 0 Å². The Morgan fingerprint density at radius 1 is 1.31 bits per heavy atom. The molecule has 2 aromatic heterocycles. The summed E-state index contributed by atoms with van der Waals surface area (Å²) in [5, 5.41) is 7.60. The van der Waals surface area contributed by atoms with Crippen LogP contribution in [0.4, 0.5) is 11.5 Å². The van der Waals surface area contributed by atoms with Crippen molar-refractivity contribution in [1.82, 2.24) is 10.3 Å². The van der Waals surface area contributed by atoms with E-state index in [0.717, 1.165) is 23.8 Å². The summed E-state index contributed by atoms with van der Waals surface area (Å²) in [6.07, 6.45) is 1.83. The van der Waals surface area contributed by atoms with Crippen molar-refractivity contribution in [2.45, 2.75) is 19.4 Å². The average molecular weight is 374 g/mol. The van der Waals surface area contributed by atoms with Crippen molar-refractivity contribution in [3.05, 3.63) is 40.7 Å². The van der Waals surface area contributed by atoms with Crippen molar-refractivity contribution in [2.24, 2.45) is 0 Å². The first-order valence-corrected chi connectivity index (χ1v) is 9.39. The molecule has 1 aliphatic heterocycles. The molecule has 0 aliphatic carbocycles. The van der Waals surface area contributed by atoms with Crippen molar-refractivity contribution in [3.63, 3.8) is 0 Å². The quantitative estimate of drug-likeness (QED) is 0.810. The maximum absolute atomic E-state index is 12.4. The van der Waals surface area contributed by atoms with Gasteiger partial charge >= 0.3 is 0 Å². The molecule has 0 saturated carbocycles. The van der Waals surface area contributed by atoms with Crippen LogP contribution in [0.1, 0.15) is 24.3 Å². The summed E-state index contributed by atoms with van der Waals surface area (Å²) in [5.41, 5.74) is 0.639. The van der Waals surface area contributed by atoms with Gasteiger partial charge in [0.15, 0.2) is 0 Å². The molecule has 0 aromatic carbocycles. The number of pyridine rings is 1. The van der Waals surface area contributed by atoms with E-state index in [1.165, 1.54) is 18.3 Å². The minimum absolute atomic E-state index is 0.160. The molecular weight excluding hydrogens is 352 g/mol. The lowest BCUT2D eigenvalue weighted by molar-refractivity contribution is -0.120. The first-order valence-electron chi connectivity index (χ1n) is 8.51. The molecule has 2 N–H and O–H groups in total. The second kappa shape index (κ2) is 8.77. The van der Waals surface area contributed by atoms with E-state index in [2.05, 4.69) is 20.5 Å². The first kappa shape index (κ1) is 18.3. The largest absolute Gasteiger partial charge is 0.378 e. The fraction of sp³-hybridized carbons (Fsp3) is 0.389. The Hall–Kier alpha value is -2.45. The highest BCUT2D eigenvalue weighted by atomic mass is 32.1. The summed E-state index contributed by atoms with van der Waals surface area (Å²) in [6, 6.07) is 7.23. The van der Waals surface area contributed by atoms with Gasteiger partial charge in [0, 0.05) is 24.9 Å². The molecule has 2 aromatic rings. The third-order valence-electron chi connectivity index (χ3n) is 4.02. The predicted molar refractivity (Wildman–Crippen MR) is 101 cm³/mol. The topological polar surface area (TPSA) is 83.6 Å². The van der Waals surface area contributed by atoms with E-state index in [9.17, 15) is 9.59 Å². The van der Waals surface area contributed by atoms with Gasteiger partial charge in [0.1, 0.15) is 5.82 Å². The van der Waals surface area contributed by atoms with Crippen molar-refractivity contribution in [2.75, 3.05) is 36.5 Å². The first-order chi connectivity index (χ1) is 12.6. The van der Waals surface area contributed by atoms with Gasteiger partial charge in [-0.15, -0.1) is 11.3 Å². The second-order valence-electron chi connectivity index (χ2n) is 6.03. The molecule has 0 bridgehead atoms. The number of nitrogens with one attached hydrogen (secondary N) is 2. The molecule has 138 valence electrons. The van der Waals surface area contributed by atoms with Gasteiger partial charge in [-0.2, -0.15) is 0 Å². The lowest BCUT2D eigenvalue weighted by atomic mass is 10.1. The smallest absolute Gasteiger partial charge is 0.226 e. The number of morpholine rings is 1. The van der Waals surface area contributed by atoms with Crippen LogP contribution in [0.15, 0.2) is 35.8 Å². The fourth-order valence-corrected chi connectivity index (χ4v) is 3.57. The van der Waals surface area contributed by atoms with E-state index in [1.807, 2.05) is 29.6 Å². The summed E-state index contributed by atoms with van der Waals surface area (Å²) in [4.78, 5) is 31.3. The summed E-state index contributed by atoms with van der Waals surface area (Å²) in [5.74, 6) is 0.548. The van der Waals surface area contributed by atoms with Gasteiger partial charge in [0.05, 0.1) is 37.6 Å². The van der Waals surface area contributed by atoms with Gasteiger partial charge in [-0.3, -0.25) is 9.59 Å². The molecule has 1 fully saturated rings. The van der Waals surface area contributed by atoms with Crippen LogP contribution >= 0.6 is 11.3 Å². The summed E-state index contributed by atoms with van der Waals surface area (Å²) in [6.45, 7) is 4.49. The standard InChI is InChI=1S/C18H22N4O3S/c1-13(23)20-15(16-3-2-10-26-16)11-18(24)21-14-4-5-17(19-12-14)22-6-8-25-9-7-22/h2-5,10,12,15H,6-9,11H2,1H3,(H,20,23)(H,21,24)/t15-/m1/s1. The summed E-state index contributed by atoms with van der Waals surface area (Å²) >= 11 is 1.52. The second-order valence-corrected chi connectivity index (χ2v) is 7.00. The van der Waals surface area contributed by atoms with Crippen molar-refractivity contribution >= 4 is 34.7 Å². The molecule has 0 radical (unpaired) electrons. The molecule has 0 spiro atoms. The Balaban J connectivity index is 1.58. The van der Waals surface area contributed by atoms with E-state index < -0.39 is 0 Å². The minimum Gasteiger partial charge on any atom is -0.378 e. The van der Waals surface area contributed by atoms with Crippen LogP contribution < -0.4 is 15.5 Å². The normalized spacial score (nSPS) is 15.3. The number of amides is 2. The molecule has 1 saturated heterocycles. The maximum atomic E-state index is 12.4. The maximum Gasteiger partial charge on any atom is 0.226 e. The number of anilines is 2. The van der Waals surface area contributed by atoms with Gasteiger partial charge in [-0.25, -0.2) is 4.98 Å². The lowest BCUT2D eigenvalue weighted by Crippen LogP contribution is -2.36. The molecule has 8 heteroatoms. The molecule has 1 aliphatic rings. The molecular formula is C18H22N4O3S. The Morgan fingerprint density at radius 3 is 2.73 bits per heavy atom. The minimum atomic E-state index is -0.326. The van der Waals surface area contributed by atoms with Gasteiger partial charge in [0.2, 0.25) is 11.8 Å². The molecule has 0 unspecified atom stereocenters. The monoisotopic (exact) mass is 374 g/mol. The van der Waals surface area contributed by atoms with E-state index in [4.69, 9.17) is 4.74 Å². The highest BCUT2D eigenvalue weighted by Crippen LogP contribution is 2.23. The number of rotatable bonds is 6. The summed E-state index contributed by atoms with van der Waals surface area (Å²) in [7, 11) is 0. The SMILES string of the molecule is CC(=O)N[C@H](CC(=O)Nc1ccc(N2CCOCC2)nc1)c1cccs1. The van der Waals surface area contributed by atoms with E-state index in [-0.39, 0.29) is 24.3 Å². The van der Waals surface area contributed by atoms with Crippen LogP contribution in [0.5, 0.6) is 0 Å². The number of hydrogen-bond donors (Lipinski definition) is 2. The molecule has 3 heterocycles. The molecule has 2 amide bonds. The van der Waals surface area contributed by atoms with Crippen molar-refractivity contribution < 1.29 is 14.3 Å². The van der Waals surface area contributed by atoms with Crippen molar-refractivity contribution in [1.29, 1.82) is 0 Å². The van der Waals surface area contributed by atoms with Crippen LogP contribution in [0, 0.1) is 0 Å². The zero-order valence-corrected chi connectivity index (χ0v) is 15.4. The van der Waals surface area contributed by atoms with Gasteiger partial charge in [-0.1, -0.05) is 6.07 Å². The molecule has 1 atom stereocenters. The Bertz CT molecular complexity index is 727. The Kier molecular flexibility index (Phi) is 6.19. The average Bonchev–Trinajstić information content (AvgIpc) is 3.17. The number of hydrogen-bond acceptors (Lipinski definition) is 6. The van der Waals surface area contributed by atoms with Crippen LogP contribution in [0.2, 0.25) is 0 Å². The number of aromatic nitrogens is 1. The van der Waals surface area contributed by atoms with Crippen LogP contribution in [-0.4, -0.2) is 43.1 Å². The Morgan fingerprint density at radius 2 is 2.12 bits per heavy atom. The molecule has 7 nitrogen and oxygen atoms in total. The lowest BCUT2D eigenvalue weighted by Gasteiger charge is -2.27. The molecule has 26 heavy (non-hydrogen) atoms. The summed E-state index contributed by atoms with van der Waals surface area (Å²) < 4.78 is 5.34. The number of nitrogens with zero attached hydrogens (tertiary/aromatic N) is 2. The van der Waals surface area contributed by atoms with Crippen molar-refractivity contribution in [3.8, 4) is 0 Å². The Labute approximate surface area is 156 Å². The van der Waals surface area contributed by atoms with Crippen LogP contribution in [0.25, 0.3) is 0 Å². The van der Waals surface area contributed by atoms with Crippen LogP contribution in [-0.2, 0) is 14.3 Å². The predicted octanol–water partition coefficient (Wildman–Crippen LogP) is 2.19. The fourth-order valence-electron chi connectivity index (χ4n) is 2.79. The van der Waals surface area contributed by atoms with Gasteiger partial charge in [0.25, 0.3) is 0 Å². The van der Waals surface area contributed by atoms with Gasteiger partial charge in [-0.05, 0) is 23.6 Å². The number of ether oxygens (including phenoxy) is 1. The zero-order valence-electron chi connectivity index (χ0n) is 14.6. The zero-order chi connectivity index (χ0) is 18.4.